The van der Waals surface area contributed by atoms with Gasteiger partial charge in [-0.05, 0) is 69.5 Å². The Morgan fingerprint density at radius 3 is 2.48 bits per heavy atom. The van der Waals surface area contributed by atoms with Crippen LogP contribution in [-0.2, 0) is 10.0 Å². The summed E-state index contributed by atoms with van der Waals surface area (Å²) < 4.78 is 33.9. The number of hydrogen-bond donors (Lipinski definition) is 1. The van der Waals surface area contributed by atoms with Crippen molar-refractivity contribution in [2.75, 3.05) is 13.7 Å². The summed E-state index contributed by atoms with van der Waals surface area (Å²) in [4.78, 5) is 19.5. The summed E-state index contributed by atoms with van der Waals surface area (Å²) in [6, 6.07) is 8.41. The number of amides is 1. The summed E-state index contributed by atoms with van der Waals surface area (Å²) in [5.41, 5.74) is 0.707. The fourth-order valence-corrected chi connectivity index (χ4v) is 5.54. The normalized spacial score (nSPS) is 17.8. The highest BCUT2D eigenvalue weighted by atomic mass is 32.2. The average Bonchev–Trinajstić information content (AvgIpc) is 2.98. The highest BCUT2D eigenvalue weighted by Gasteiger charge is 2.30. The second-order valence-corrected chi connectivity index (χ2v) is 10.5. The zero-order valence-corrected chi connectivity index (χ0v) is 19.4. The number of methoxy groups -OCH3 is 1. The van der Waals surface area contributed by atoms with Gasteiger partial charge in [-0.2, -0.15) is 0 Å². The molecule has 1 atom stereocenters. The van der Waals surface area contributed by atoms with E-state index in [4.69, 9.17) is 4.74 Å². The molecule has 0 bridgehead atoms. The second-order valence-electron chi connectivity index (χ2n) is 8.87. The van der Waals surface area contributed by atoms with E-state index in [1.165, 1.54) is 13.2 Å². The smallest absolute Gasteiger partial charge is 0.254 e. The molecule has 2 heterocycles. The van der Waals surface area contributed by atoms with Crippen LogP contribution < -0.4 is 9.46 Å². The van der Waals surface area contributed by atoms with Gasteiger partial charge in [0.25, 0.3) is 5.91 Å². The Labute approximate surface area is 184 Å². The summed E-state index contributed by atoms with van der Waals surface area (Å²) in [6.07, 6.45) is 7.35. The Morgan fingerprint density at radius 1 is 1.13 bits per heavy atom. The Hall–Kier alpha value is -2.45. The van der Waals surface area contributed by atoms with Crippen LogP contribution in [0.2, 0.25) is 0 Å². The molecule has 1 fully saturated rings. The fraction of sp³-hybridized carbons (Fsp3) is 0.478. The molecule has 168 valence electrons. The summed E-state index contributed by atoms with van der Waals surface area (Å²) in [6.45, 7) is 5.92. The summed E-state index contributed by atoms with van der Waals surface area (Å²) in [7, 11) is -2.46. The molecule has 1 aliphatic rings. The average molecular weight is 446 g/mol. The van der Waals surface area contributed by atoms with Crippen molar-refractivity contribution in [3.8, 4) is 5.75 Å². The van der Waals surface area contributed by atoms with Crippen molar-refractivity contribution < 1.29 is 17.9 Å². The van der Waals surface area contributed by atoms with Gasteiger partial charge in [-0.3, -0.25) is 9.78 Å². The molecule has 1 N–H and O–H groups in total. The molecular weight excluding hydrogens is 414 g/mol. The first-order valence-electron chi connectivity index (χ1n) is 10.6. The Bertz CT molecular complexity index is 1020. The van der Waals surface area contributed by atoms with E-state index < -0.39 is 15.6 Å². The number of rotatable bonds is 5. The highest BCUT2D eigenvalue weighted by molar-refractivity contribution is 7.89. The largest absolute Gasteiger partial charge is 0.495 e. The molecule has 7 nitrogen and oxygen atoms in total. The number of hydrogen-bond acceptors (Lipinski definition) is 5. The first-order valence-corrected chi connectivity index (χ1v) is 12.0. The van der Waals surface area contributed by atoms with Gasteiger partial charge in [-0.25, -0.2) is 13.1 Å². The molecule has 1 saturated heterocycles. The fourth-order valence-electron chi connectivity index (χ4n) is 3.93. The number of benzene rings is 1. The molecule has 1 unspecified atom stereocenters. The number of carbonyl (C=O) groups excluding carboxylic acids is 1. The first-order chi connectivity index (χ1) is 14.6. The first kappa shape index (κ1) is 23.2. The number of aromatic nitrogens is 1. The minimum absolute atomic E-state index is 0.0361. The van der Waals surface area contributed by atoms with Crippen molar-refractivity contribution in [3.63, 3.8) is 0 Å². The van der Waals surface area contributed by atoms with Crippen LogP contribution in [0.3, 0.4) is 0 Å². The van der Waals surface area contributed by atoms with Gasteiger partial charge in [0, 0.05) is 30.0 Å². The lowest BCUT2D eigenvalue weighted by Crippen LogP contribution is -2.40. The molecule has 2 aromatic rings. The van der Waals surface area contributed by atoms with E-state index >= 15 is 0 Å². The van der Waals surface area contributed by atoms with Crippen molar-refractivity contribution >= 4 is 15.9 Å². The van der Waals surface area contributed by atoms with E-state index in [1.807, 2.05) is 17.0 Å². The van der Waals surface area contributed by atoms with E-state index in [9.17, 15) is 13.2 Å². The van der Waals surface area contributed by atoms with Gasteiger partial charge in [0.1, 0.15) is 10.6 Å². The van der Waals surface area contributed by atoms with Gasteiger partial charge >= 0.3 is 0 Å². The number of pyridine rings is 1. The van der Waals surface area contributed by atoms with E-state index in [0.29, 0.717) is 12.1 Å². The standard InChI is InChI=1S/C23H31N3O4S/c1-23(2,3)25-31(28,29)21-16-18(9-10-20(21)30-4)22(27)26-15-7-5-6-8-19(26)17-11-13-24-14-12-17/h9-14,16,19,25H,5-8,15H2,1-4H3. The second kappa shape index (κ2) is 9.36. The molecule has 31 heavy (non-hydrogen) atoms. The maximum atomic E-state index is 13.6. The third kappa shape index (κ3) is 5.62. The maximum Gasteiger partial charge on any atom is 0.254 e. The van der Waals surface area contributed by atoms with Crippen molar-refractivity contribution in [3.05, 3.63) is 53.9 Å². The topological polar surface area (TPSA) is 88.6 Å². The van der Waals surface area contributed by atoms with Gasteiger partial charge in [0.15, 0.2) is 0 Å². The van der Waals surface area contributed by atoms with Crippen LogP contribution in [0, 0.1) is 0 Å². The molecule has 1 aliphatic heterocycles. The minimum atomic E-state index is -3.87. The van der Waals surface area contributed by atoms with Crippen LogP contribution in [0.25, 0.3) is 0 Å². The lowest BCUT2D eigenvalue weighted by Gasteiger charge is -2.31. The SMILES string of the molecule is COc1ccc(C(=O)N2CCCCCC2c2ccncc2)cc1S(=O)(=O)NC(C)(C)C. The van der Waals surface area contributed by atoms with E-state index in [1.54, 1.807) is 45.3 Å². The predicted octanol–water partition coefficient (Wildman–Crippen LogP) is 3.92. The zero-order chi connectivity index (χ0) is 22.6. The molecule has 0 aliphatic carbocycles. The van der Waals surface area contributed by atoms with Gasteiger partial charge in [0.2, 0.25) is 10.0 Å². The third-order valence-corrected chi connectivity index (χ3v) is 7.02. The van der Waals surface area contributed by atoms with Crippen LogP contribution in [0.1, 0.15) is 68.4 Å². The highest BCUT2D eigenvalue weighted by Crippen LogP contribution is 2.33. The predicted molar refractivity (Wildman–Crippen MR) is 120 cm³/mol. The molecule has 0 radical (unpaired) electrons. The molecule has 1 amide bonds. The number of nitrogens with zero attached hydrogens (tertiary/aromatic N) is 2. The van der Waals surface area contributed by atoms with E-state index in [-0.39, 0.29) is 22.6 Å². The van der Waals surface area contributed by atoms with Gasteiger partial charge < -0.3 is 9.64 Å². The lowest BCUT2D eigenvalue weighted by atomic mass is 10.0. The number of carbonyl (C=O) groups is 1. The lowest BCUT2D eigenvalue weighted by molar-refractivity contribution is 0.0680. The van der Waals surface area contributed by atoms with Gasteiger partial charge in [-0.1, -0.05) is 12.8 Å². The molecule has 1 aromatic carbocycles. The molecule has 3 rings (SSSR count). The van der Waals surface area contributed by atoms with Crippen molar-refractivity contribution in [1.29, 1.82) is 0 Å². The van der Waals surface area contributed by atoms with E-state index in [2.05, 4.69) is 9.71 Å². The summed E-state index contributed by atoms with van der Waals surface area (Å²) in [5.74, 6) is 0.0217. The zero-order valence-electron chi connectivity index (χ0n) is 18.6. The van der Waals surface area contributed by atoms with Crippen molar-refractivity contribution in [2.45, 2.75) is 62.9 Å². The maximum absolute atomic E-state index is 13.6. The van der Waals surface area contributed by atoms with E-state index in [0.717, 1.165) is 31.2 Å². The molecule has 0 spiro atoms. The minimum Gasteiger partial charge on any atom is -0.495 e. The van der Waals surface area contributed by atoms with Crippen molar-refractivity contribution in [2.24, 2.45) is 0 Å². The van der Waals surface area contributed by atoms with Crippen LogP contribution in [-0.4, -0.2) is 43.4 Å². The quantitative estimate of drug-likeness (QED) is 0.753. The Balaban J connectivity index is 2.00. The molecule has 1 aromatic heterocycles. The summed E-state index contributed by atoms with van der Waals surface area (Å²) in [5, 5.41) is 0. The Morgan fingerprint density at radius 2 is 1.84 bits per heavy atom. The van der Waals surface area contributed by atoms with Crippen LogP contribution in [0.15, 0.2) is 47.6 Å². The van der Waals surface area contributed by atoms with Gasteiger partial charge in [-0.15, -0.1) is 0 Å². The van der Waals surface area contributed by atoms with Gasteiger partial charge in [0.05, 0.1) is 13.2 Å². The van der Waals surface area contributed by atoms with Crippen LogP contribution >= 0.6 is 0 Å². The number of ether oxygens (including phenoxy) is 1. The van der Waals surface area contributed by atoms with Crippen LogP contribution in [0.4, 0.5) is 0 Å². The summed E-state index contributed by atoms with van der Waals surface area (Å²) >= 11 is 0. The molecule has 0 saturated carbocycles. The van der Waals surface area contributed by atoms with Crippen LogP contribution in [0.5, 0.6) is 5.75 Å². The van der Waals surface area contributed by atoms with Crippen molar-refractivity contribution in [1.82, 2.24) is 14.6 Å². The number of nitrogens with one attached hydrogen (secondary N) is 1. The number of likely N-dealkylation sites (tertiary alicyclic amines) is 1. The molecule has 8 heteroatoms. The third-order valence-electron chi connectivity index (χ3n) is 5.25. The monoisotopic (exact) mass is 445 g/mol. The number of sulfonamides is 1. The molecular formula is C23H31N3O4S. The Kier molecular flexibility index (Phi) is 7.01.